The average molecular weight is 252 g/mol. The maximum atomic E-state index is 5.85. The van der Waals surface area contributed by atoms with Crippen molar-refractivity contribution in [2.24, 2.45) is 5.92 Å². The van der Waals surface area contributed by atoms with Gasteiger partial charge < -0.3 is 4.90 Å². The molecule has 1 saturated heterocycles. The summed E-state index contributed by atoms with van der Waals surface area (Å²) in [4.78, 5) is 9.31. The molecule has 0 aromatic carbocycles. The first-order chi connectivity index (χ1) is 8.31. The van der Waals surface area contributed by atoms with Gasteiger partial charge in [0.15, 0.2) is 0 Å². The van der Waals surface area contributed by atoms with Crippen molar-refractivity contribution in [3.05, 3.63) is 23.4 Å². The third kappa shape index (κ3) is 2.90. The molecular formula is C13H18ClN3. The van der Waals surface area contributed by atoms with E-state index >= 15 is 0 Å². The van der Waals surface area contributed by atoms with Gasteiger partial charge in [-0.25, -0.2) is 4.98 Å². The number of halogens is 1. The lowest BCUT2D eigenvalue weighted by Crippen LogP contribution is -2.47. The molecule has 0 radical (unpaired) electrons. The van der Waals surface area contributed by atoms with Crippen molar-refractivity contribution in [1.29, 1.82) is 0 Å². The van der Waals surface area contributed by atoms with Gasteiger partial charge in [-0.2, -0.15) is 0 Å². The summed E-state index contributed by atoms with van der Waals surface area (Å²) in [5.41, 5.74) is 0. The molecule has 3 rings (SSSR count). The van der Waals surface area contributed by atoms with Crippen LogP contribution < -0.4 is 4.90 Å². The molecule has 0 unspecified atom stereocenters. The summed E-state index contributed by atoms with van der Waals surface area (Å²) in [7, 11) is 0. The van der Waals surface area contributed by atoms with Crippen LogP contribution in [0.1, 0.15) is 12.8 Å². The van der Waals surface area contributed by atoms with Crippen LogP contribution in [-0.4, -0.2) is 42.6 Å². The second-order valence-electron chi connectivity index (χ2n) is 5.07. The number of hydrogen-bond acceptors (Lipinski definition) is 3. The molecule has 17 heavy (non-hydrogen) atoms. The van der Waals surface area contributed by atoms with E-state index in [4.69, 9.17) is 11.6 Å². The summed E-state index contributed by atoms with van der Waals surface area (Å²) in [6, 6.07) is 3.93. The maximum absolute atomic E-state index is 5.85. The van der Waals surface area contributed by atoms with Crippen molar-refractivity contribution in [3.63, 3.8) is 0 Å². The largest absolute Gasteiger partial charge is 0.354 e. The van der Waals surface area contributed by atoms with Gasteiger partial charge in [0.05, 0.1) is 5.02 Å². The summed E-state index contributed by atoms with van der Waals surface area (Å²) in [5.74, 6) is 2.05. The number of piperazine rings is 1. The van der Waals surface area contributed by atoms with E-state index in [-0.39, 0.29) is 0 Å². The lowest BCUT2D eigenvalue weighted by molar-refractivity contribution is 0.247. The monoisotopic (exact) mass is 251 g/mol. The van der Waals surface area contributed by atoms with Crippen LogP contribution in [0.2, 0.25) is 5.02 Å². The van der Waals surface area contributed by atoms with Crippen LogP contribution in [-0.2, 0) is 0 Å². The first kappa shape index (κ1) is 11.3. The third-order valence-electron chi connectivity index (χ3n) is 3.62. The highest BCUT2D eigenvalue weighted by molar-refractivity contribution is 6.30. The number of aromatic nitrogens is 1. The van der Waals surface area contributed by atoms with Gasteiger partial charge in [-0.05, 0) is 30.9 Å². The number of rotatable bonds is 3. The van der Waals surface area contributed by atoms with Crippen LogP contribution in [0.3, 0.4) is 0 Å². The van der Waals surface area contributed by atoms with E-state index < -0.39 is 0 Å². The van der Waals surface area contributed by atoms with E-state index in [2.05, 4.69) is 14.8 Å². The SMILES string of the molecule is Clc1ccc(N2CCN(CC3CC3)CC2)nc1. The van der Waals surface area contributed by atoms with Gasteiger partial charge in [-0.3, -0.25) is 4.90 Å². The molecule has 4 heteroatoms. The quantitative estimate of drug-likeness (QED) is 0.822. The predicted octanol–water partition coefficient (Wildman–Crippen LogP) is 2.27. The van der Waals surface area contributed by atoms with Gasteiger partial charge in [-0.1, -0.05) is 11.6 Å². The lowest BCUT2D eigenvalue weighted by atomic mass is 10.2. The van der Waals surface area contributed by atoms with Crippen LogP contribution in [0.5, 0.6) is 0 Å². The highest BCUT2D eigenvalue weighted by Crippen LogP contribution is 2.30. The number of hydrogen-bond donors (Lipinski definition) is 0. The normalized spacial score (nSPS) is 21.8. The second-order valence-corrected chi connectivity index (χ2v) is 5.50. The zero-order valence-corrected chi connectivity index (χ0v) is 10.7. The molecule has 0 spiro atoms. The van der Waals surface area contributed by atoms with Gasteiger partial charge in [0.25, 0.3) is 0 Å². The van der Waals surface area contributed by atoms with E-state index in [9.17, 15) is 0 Å². The summed E-state index contributed by atoms with van der Waals surface area (Å²) in [6.07, 6.45) is 4.62. The second kappa shape index (κ2) is 4.83. The molecule has 0 N–H and O–H groups in total. The number of anilines is 1. The van der Waals surface area contributed by atoms with Crippen molar-refractivity contribution in [2.75, 3.05) is 37.6 Å². The highest BCUT2D eigenvalue weighted by Gasteiger charge is 2.26. The van der Waals surface area contributed by atoms with Crippen molar-refractivity contribution in [1.82, 2.24) is 9.88 Å². The molecule has 2 aliphatic rings. The van der Waals surface area contributed by atoms with Crippen LogP contribution >= 0.6 is 11.6 Å². The van der Waals surface area contributed by atoms with Gasteiger partial charge in [0.2, 0.25) is 0 Å². The smallest absolute Gasteiger partial charge is 0.128 e. The predicted molar refractivity (Wildman–Crippen MR) is 70.6 cm³/mol. The first-order valence-electron chi connectivity index (χ1n) is 6.40. The molecular weight excluding hydrogens is 234 g/mol. The van der Waals surface area contributed by atoms with Crippen molar-refractivity contribution >= 4 is 17.4 Å². The average Bonchev–Trinajstić information content (AvgIpc) is 3.15. The molecule has 2 heterocycles. The number of pyridine rings is 1. The van der Waals surface area contributed by atoms with Crippen molar-refractivity contribution in [3.8, 4) is 0 Å². The topological polar surface area (TPSA) is 19.4 Å². The fourth-order valence-corrected chi connectivity index (χ4v) is 2.49. The minimum absolute atomic E-state index is 0.709. The molecule has 1 aromatic rings. The molecule has 0 atom stereocenters. The molecule has 0 amide bonds. The van der Waals surface area contributed by atoms with Gasteiger partial charge in [0, 0.05) is 38.9 Å². The Kier molecular flexibility index (Phi) is 3.21. The summed E-state index contributed by atoms with van der Waals surface area (Å²) >= 11 is 5.85. The Hall–Kier alpha value is -0.800. The van der Waals surface area contributed by atoms with E-state index in [1.54, 1.807) is 6.20 Å². The molecule has 92 valence electrons. The Morgan fingerprint density at radius 1 is 1.18 bits per heavy atom. The van der Waals surface area contributed by atoms with Crippen LogP contribution in [0.4, 0.5) is 5.82 Å². The Bertz CT molecular complexity index is 367. The van der Waals surface area contributed by atoms with Crippen LogP contribution in [0.15, 0.2) is 18.3 Å². The Morgan fingerprint density at radius 2 is 1.94 bits per heavy atom. The van der Waals surface area contributed by atoms with E-state index in [0.29, 0.717) is 5.02 Å². The molecule has 1 aromatic heterocycles. The molecule has 1 saturated carbocycles. The Morgan fingerprint density at radius 3 is 2.53 bits per heavy atom. The van der Waals surface area contributed by atoms with E-state index in [1.807, 2.05) is 12.1 Å². The minimum Gasteiger partial charge on any atom is -0.354 e. The Labute approximate surface area is 107 Å². The van der Waals surface area contributed by atoms with Gasteiger partial charge in [0.1, 0.15) is 5.82 Å². The summed E-state index contributed by atoms with van der Waals surface area (Å²) < 4.78 is 0. The van der Waals surface area contributed by atoms with Crippen LogP contribution in [0, 0.1) is 5.92 Å². The lowest BCUT2D eigenvalue weighted by Gasteiger charge is -2.35. The molecule has 0 bridgehead atoms. The molecule has 3 nitrogen and oxygen atoms in total. The van der Waals surface area contributed by atoms with E-state index in [1.165, 1.54) is 32.5 Å². The van der Waals surface area contributed by atoms with Crippen molar-refractivity contribution < 1.29 is 0 Å². The maximum Gasteiger partial charge on any atom is 0.128 e. The highest BCUT2D eigenvalue weighted by atomic mass is 35.5. The number of nitrogens with zero attached hydrogens (tertiary/aromatic N) is 3. The zero-order valence-electron chi connectivity index (χ0n) is 9.98. The third-order valence-corrected chi connectivity index (χ3v) is 3.84. The summed E-state index contributed by atoms with van der Waals surface area (Å²) in [6.45, 7) is 5.81. The zero-order chi connectivity index (χ0) is 11.7. The Balaban J connectivity index is 1.54. The van der Waals surface area contributed by atoms with E-state index in [0.717, 1.165) is 24.8 Å². The van der Waals surface area contributed by atoms with Crippen LogP contribution in [0.25, 0.3) is 0 Å². The molecule has 2 fully saturated rings. The summed E-state index contributed by atoms with van der Waals surface area (Å²) in [5, 5.41) is 0.709. The molecule has 1 aliphatic heterocycles. The van der Waals surface area contributed by atoms with Gasteiger partial charge >= 0.3 is 0 Å². The first-order valence-corrected chi connectivity index (χ1v) is 6.78. The molecule has 1 aliphatic carbocycles. The van der Waals surface area contributed by atoms with Gasteiger partial charge in [-0.15, -0.1) is 0 Å². The minimum atomic E-state index is 0.709. The fraction of sp³-hybridized carbons (Fsp3) is 0.615. The van der Waals surface area contributed by atoms with Crippen molar-refractivity contribution in [2.45, 2.75) is 12.8 Å². The fourth-order valence-electron chi connectivity index (χ4n) is 2.38. The standard InChI is InChI=1S/C13H18ClN3/c14-12-3-4-13(15-9-12)17-7-5-16(6-8-17)10-11-1-2-11/h3-4,9,11H,1-2,5-8,10H2.